The zero-order valence-corrected chi connectivity index (χ0v) is 6.86. The second-order valence-electron chi connectivity index (χ2n) is 2.14. The van der Waals surface area contributed by atoms with Gasteiger partial charge in [-0.1, -0.05) is 12.0 Å². The molecule has 1 rings (SSSR count). The molecule has 0 atom stereocenters. The molecule has 13 heavy (non-hydrogen) atoms. The lowest BCUT2D eigenvalue weighted by Crippen LogP contribution is -2.24. The zero-order valence-electron chi connectivity index (χ0n) is 6.86. The number of carbonyl (C=O) groups excluding carboxylic acids is 1. The monoisotopic (exact) mass is 176 g/mol. The third kappa shape index (κ3) is 2.93. The number of terminal acetylenes is 1. The third-order valence-corrected chi connectivity index (χ3v) is 1.22. The molecule has 1 aromatic heterocycles. The fourth-order valence-electron chi connectivity index (χ4n) is 0.693. The molecule has 0 bridgehead atoms. The highest BCUT2D eigenvalue weighted by Crippen LogP contribution is 1.91. The molecule has 0 aliphatic carbocycles. The van der Waals surface area contributed by atoms with Gasteiger partial charge < -0.3 is 0 Å². The van der Waals surface area contributed by atoms with Crippen molar-refractivity contribution in [1.29, 1.82) is 0 Å². The lowest BCUT2D eigenvalue weighted by molar-refractivity contribution is 0.0433. The summed E-state index contributed by atoms with van der Waals surface area (Å²) in [5.41, 5.74) is 2.45. The number of hydroxylamine groups is 1. The smallest absolute Gasteiger partial charge is 0.265 e. The molecule has 1 amide bonds. The summed E-state index contributed by atoms with van der Waals surface area (Å²) in [6.07, 6.45) is 6.44. The summed E-state index contributed by atoms with van der Waals surface area (Å²) in [6, 6.07) is 5.01. The summed E-state index contributed by atoms with van der Waals surface area (Å²) in [6.45, 7) is 0.0403. The van der Waals surface area contributed by atoms with Crippen LogP contribution in [-0.4, -0.2) is 17.5 Å². The Morgan fingerprint density at radius 2 is 2.54 bits per heavy atom. The molecule has 0 fully saturated rings. The maximum Gasteiger partial charge on any atom is 0.293 e. The van der Waals surface area contributed by atoms with Gasteiger partial charge in [-0.3, -0.25) is 14.6 Å². The molecule has 4 heteroatoms. The lowest BCUT2D eigenvalue weighted by atomic mass is 10.3. The van der Waals surface area contributed by atoms with E-state index in [1.165, 1.54) is 6.20 Å². The van der Waals surface area contributed by atoms with Crippen LogP contribution in [0.5, 0.6) is 0 Å². The van der Waals surface area contributed by atoms with Crippen molar-refractivity contribution in [1.82, 2.24) is 10.5 Å². The minimum absolute atomic E-state index is 0.0403. The van der Waals surface area contributed by atoms with Gasteiger partial charge in [0, 0.05) is 6.20 Å². The molecule has 0 aliphatic rings. The van der Waals surface area contributed by atoms with E-state index in [9.17, 15) is 4.79 Å². The number of nitrogens with zero attached hydrogens (tertiary/aromatic N) is 1. The quantitative estimate of drug-likeness (QED) is 0.411. The summed E-state index contributed by atoms with van der Waals surface area (Å²) in [7, 11) is 0. The summed E-state index contributed by atoms with van der Waals surface area (Å²) in [5, 5.41) is 0. The van der Waals surface area contributed by atoms with Crippen LogP contribution in [0.3, 0.4) is 0 Å². The van der Waals surface area contributed by atoms with E-state index in [1.807, 2.05) is 0 Å². The summed E-state index contributed by atoms with van der Waals surface area (Å²) in [4.78, 5) is 19.6. The van der Waals surface area contributed by atoms with E-state index in [2.05, 4.69) is 21.2 Å². The maximum atomic E-state index is 11.2. The number of hydrogen-bond donors (Lipinski definition) is 1. The van der Waals surface area contributed by atoms with Gasteiger partial charge in [-0.25, -0.2) is 5.48 Å². The van der Waals surface area contributed by atoms with E-state index >= 15 is 0 Å². The average Bonchev–Trinajstić information content (AvgIpc) is 2.19. The van der Waals surface area contributed by atoms with Crippen molar-refractivity contribution in [2.45, 2.75) is 0 Å². The van der Waals surface area contributed by atoms with Crippen LogP contribution in [0.2, 0.25) is 0 Å². The normalized spacial score (nSPS) is 8.85. The Morgan fingerprint density at radius 1 is 1.69 bits per heavy atom. The molecule has 0 saturated heterocycles. The Kier molecular flexibility index (Phi) is 3.48. The number of nitrogens with one attached hydrogen (secondary N) is 1. The first-order valence-electron chi connectivity index (χ1n) is 3.61. The molecule has 66 valence electrons. The zero-order chi connectivity index (χ0) is 9.52. The Bertz CT molecular complexity index is 316. The second-order valence-corrected chi connectivity index (χ2v) is 2.14. The minimum Gasteiger partial charge on any atom is -0.265 e. The van der Waals surface area contributed by atoms with Gasteiger partial charge in [0.2, 0.25) is 0 Å². The van der Waals surface area contributed by atoms with Crippen LogP contribution >= 0.6 is 0 Å². The van der Waals surface area contributed by atoms with E-state index in [-0.39, 0.29) is 6.61 Å². The molecule has 0 radical (unpaired) electrons. The molecule has 0 saturated carbocycles. The Balaban J connectivity index is 2.46. The van der Waals surface area contributed by atoms with E-state index in [0.29, 0.717) is 5.69 Å². The highest BCUT2D eigenvalue weighted by molar-refractivity contribution is 5.91. The van der Waals surface area contributed by atoms with Crippen molar-refractivity contribution in [2.75, 3.05) is 6.61 Å². The van der Waals surface area contributed by atoms with Gasteiger partial charge in [-0.05, 0) is 12.1 Å². The molecule has 0 aliphatic heterocycles. The highest BCUT2D eigenvalue weighted by atomic mass is 16.6. The van der Waals surface area contributed by atoms with Crippen LogP contribution in [0.25, 0.3) is 0 Å². The van der Waals surface area contributed by atoms with Gasteiger partial charge in [-0.15, -0.1) is 6.42 Å². The number of pyridine rings is 1. The number of amides is 1. The topological polar surface area (TPSA) is 51.2 Å². The fraction of sp³-hybridized carbons (Fsp3) is 0.111. The number of carbonyl (C=O) groups is 1. The fourth-order valence-corrected chi connectivity index (χ4v) is 0.693. The average molecular weight is 176 g/mol. The van der Waals surface area contributed by atoms with Crippen molar-refractivity contribution in [3.05, 3.63) is 30.1 Å². The molecule has 4 nitrogen and oxygen atoms in total. The number of aromatic nitrogens is 1. The van der Waals surface area contributed by atoms with E-state index in [1.54, 1.807) is 18.2 Å². The van der Waals surface area contributed by atoms with Gasteiger partial charge >= 0.3 is 0 Å². The first-order valence-corrected chi connectivity index (χ1v) is 3.61. The first kappa shape index (κ1) is 9.23. The van der Waals surface area contributed by atoms with Crippen LogP contribution in [0, 0.1) is 12.3 Å². The molecular formula is C9H8N2O2. The Hall–Kier alpha value is -1.86. The van der Waals surface area contributed by atoms with E-state index in [0.717, 1.165) is 0 Å². The summed E-state index contributed by atoms with van der Waals surface area (Å²) < 4.78 is 0. The molecule has 1 N–H and O–H groups in total. The Morgan fingerprint density at radius 3 is 3.15 bits per heavy atom. The highest BCUT2D eigenvalue weighted by Gasteiger charge is 2.04. The maximum absolute atomic E-state index is 11.2. The predicted octanol–water partition coefficient (Wildman–Crippen LogP) is 0.376. The number of rotatable bonds is 3. The van der Waals surface area contributed by atoms with Gasteiger partial charge in [0.25, 0.3) is 5.91 Å². The summed E-state index contributed by atoms with van der Waals surface area (Å²) in [5.74, 6) is 1.81. The SMILES string of the molecule is C#CCONC(=O)c1ccccn1. The van der Waals surface area contributed by atoms with Gasteiger partial charge in [-0.2, -0.15) is 0 Å². The molecule has 0 unspecified atom stereocenters. The molecule has 0 spiro atoms. The van der Waals surface area contributed by atoms with Crippen LogP contribution < -0.4 is 5.48 Å². The molecule has 1 heterocycles. The second kappa shape index (κ2) is 4.91. The van der Waals surface area contributed by atoms with Crippen molar-refractivity contribution in [2.24, 2.45) is 0 Å². The minimum atomic E-state index is -0.407. The van der Waals surface area contributed by atoms with E-state index < -0.39 is 5.91 Å². The van der Waals surface area contributed by atoms with Crippen molar-refractivity contribution < 1.29 is 9.63 Å². The van der Waals surface area contributed by atoms with Gasteiger partial charge in [0.05, 0.1) is 0 Å². The number of hydrogen-bond acceptors (Lipinski definition) is 3. The lowest BCUT2D eigenvalue weighted by Gasteiger charge is -2.01. The van der Waals surface area contributed by atoms with E-state index in [4.69, 9.17) is 6.42 Å². The van der Waals surface area contributed by atoms with Crippen molar-refractivity contribution >= 4 is 5.91 Å². The van der Waals surface area contributed by atoms with Crippen molar-refractivity contribution in [3.63, 3.8) is 0 Å². The van der Waals surface area contributed by atoms with Gasteiger partial charge in [0.1, 0.15) is 12.3 Å². The standard InChI is InChI=1S/C9H8N2O2/c1-2-7-13-11-9(12)8-5-3-4-6-10-8/h1,3-6H,7H2,(H,11,12). The van der Waals surface area contributed by atoms with Crippen LogP contribution in [0.1, 0.15) is 10.5 Å². The molecule has 0 aromatic carbocycles. The summed E-state index contributed by atoms with van der Waals surface area (Å²) >= 11 is 0. The van der Waals surface area contributed by atoms with Crippen molar-refractivity contribution in [3.8, 4) is 12.3 Å². The van der Waals surface area contributed by atoms with Gasteiger partial charge in [0.15, 0.2) is 0 Å². The molecule has 1 aromatic rings. The third-order valence-electron chi connectivity index (χ3n) is 1.22. The van der Waals surface area contributed by atoms with Crippen LogP contribution in [0.15, 0.2) is 24.4 Å². The Labute approximate surface area is 75.9 Å². The van der Waals surface area contributed by atoms with Crippen LogP contribution in [0.4, 0.5) is 0 Å². The van der Waals surface area contributed by atoms with Crippen LogP contribution in [-0.2, 0) is 4.84 Å². The first-order chi connectivity index (χ1) is 6.34. The largest absolute Gasteiger partial charge is 0.293 e. The predicted molar refractivity (Wildman–Crippen MR) is 46.5 cm³/mol. The molecular weight excluding hydrogens is 168 g/mol.